The molecule has 3 N–H and O–H groups in total. The number of aliphatic hydroxyl groups excluding tert-OH is 1. The summed E-state index contributed by atoms with van der Waals surface area (Å²) < 4.78 is 46.5. The van der Waals surface area contributed by atoms with Gasteiger partial charge in [0.05, 0.1) is 18.4 Å². The minimum atomic E-state index is -5.26. The maximum absolute atomic E-state index is 13.3. The van der Waals surface area contributed by atoms with Crippen molar-refractivity contribution in [1.29, 1.82) is 0 Å². The van der Waals surface area contributed by atoms with E-state index in [4.69, 9.17) is 14.7 Å². The first-order valence-electron chi connectivity index (χ1n) is 16.6. The summed E-state index contributed by atoms with van der Waals surface area (Å²) in [7, 11) is 4.07. The van der Waals surface area contributed by atoms with E-state index in [1.165, 1.54) is 32.0 Å². The fourth-order valence-corrected chi connectivity index (χ4v) is 8.08. The number of nitrogens with zero attached hydrogens (tertiary/aromatic N) is 6. The molecule has 0 aromatic carbocycles. The predicted molar refractivity (Wildman–Crippen MR) is 164 cm³/mol. The molecular formula is C31H45F3N8O4. The molecule has 4 aliphatic rings. The molecule has 0 unspecified atom stereocenters. The van der Waals surface area contributed by atoms with Crippen LogP contribution in [0, 0.1) is 11.8 Å². The number of hydrogen-bond donors (Lipinski definition) is 3. The quantitative estimate of drug-likeness (QED) is 0.346. The van der Waals surface area contributed by atoms with E-state index in [9.17, 15) is 27.9 Å². The number of likely N-dealkylation sites (N-methyl/N-ethyl adjacent to an activating group) is 1. The van der Waals surface area contributed by atoms with Gasteiger partial charge in [0, 0.05) is 31.6 Å². The van der Waals surface area contributed by atoms with Gasteiger partial charge < -0.3 is 34.8 Å². The SMILES string of the molecule is CCC(=O)N[C@H]1C[C@@H](n2cnc3c(N[C@H]4CCC[C@H]4C4CCCC4)nc(N4CC[C@@H](N(C)C)C4)nc32)[C@H](OC(=O)C(F)(F)F)[C@@H]1O. The van der Waals surface area contributed by atoms with Gasteiger partial charge in [-0.15, -0.1) is 0 Å². The molecule has 1 aliphatic heterocycles. The summed E-state index contributed by atoms with van der Waals surface area (Å²) in [5, 5.41) is 17.5. The minimum Gasteiger partial charge on any atom is -0.451 e. The van der Waals surface area contributed by atoms with Crippen molar-refractivity contribution in [3.8, 4) is 0 Å². The van der Waals surface area contributed by atoms with E-state index < -0.39 is 36.4 Å². The Bertz CT molecular complexity index is 1410. The molecule has 3 heterocycles. The van der Waals surface area contributed by atoms with E-state index in [1.807, 2.05) is 14.1 Å². The van der Waals surface area contributed by atoms with Crippen LogP contribution in [-0.4, -0.2) is 105 Å². The molecule has 2 aromatic rings. The summed E-state index contributed by atoms with van der Waals surface area (Å²) in [6.07, 6.45) is 2.36. The van der Waals surface area contributed by atoms with Gasteiger partial charge in [0.15, 0.2) is 23.1 Å². The van der Waals surface area contributed by atoms with E-state index in [-0.39, 0.29) is 24.8 Å². The van der Waals surface area contributed by atoms with E-state index in [2.05, 4.69) is 25.4 Å². The van der Waals surface area contributed by atoms with Crippen LogP contribution in [0.2, 0.25) is 0 Å². The van der Waals surface area contributed by atoms with Gasteiger partial charge in [-0.2, -0.15) is 23.1 Å². The lowest BCUT2D eigenvalue weighted by Crippen LogP contribution is -2.45. The lowest BCUT2D eigenvalue weighted by Gasteiger charge is -2.27. The number of carbonyl (C=O) groups is 2. The van der Waals surface area contributed by atoms with Crippen LogP contribution in [-0.2, 0) is 14.3 Å². The Kier molecular flexibility index (Phi) is 9.34. The van der Waals surface area contributed by atoms with Gasteiger partial charge in [0.25, 0.3) is 0 Å². The molecule has 12 nitrogen and oxygen atoms in total. The zero-order chi connectivity index (χ0) is 32.7. The highest BCUT2D eigenvalue weighted by molar-refractivity contribution is 5.85. The van der Waals surface area contributed by atoms with Gasteiger partial charge in [-0.25, -0.2) is 9.78 Å². The number of esters is 1. The third-order valence-electron chi connectivity index (χ3n) is 10.6. The third-order valence-corrected chi connectivity index (χ3v) is 10.6. The number of hydrogen-bond acceptors (Lipinski definition) is 10. The van der Waals surface area contributed by atoms with Crippen molar-refractivity contribution in [2.24, 2.45) is 11.8 Å². The highest BCUT2D eigenvalue weighted by atomic mass is 19.4. The third kappa shape index (κ3) is 6.49. The van der Waals surface area contributed by atoms with Crippen LogP contribution in [0.4, 0.5) is 24.9 Å². The van der Waals surface area contributed by atoms with Crippen LogP contribution >= 0.6 is 0 Å². The van der Waals surface area contributed by atoms with Crippen molar-refractivity contribution in [1.82, 2.24) is 29.7 Å². The van der Waals surface area contributed by atoms with Crippen molar-refractivity contribution in [3.05, 3.63) is 6.33 Å². The Morgan fingerprint density at radius 1 is 1.09 bits per heavy atom. The van der Waals surface area contributed by atoms with Crippen molar-refractivity contribution < 1.29 is 32.6 Å². The Morgan fingerprint density at radius 2 is 1.85 bits per heavy atom. The van der Waals surface area contributed by atoms with Crippen molar-refractivity contribution in [2.75, 3.05) is 37.4 Å². The van der Waals surface area contributed by atoms with Crippen LogP contribution < -0.4 is 15.5 Å². The molecule has 0 radical (unpaired) electrons. The van der Waals surface area contributed by atoms with E-state index in [0.29, 0.717) is 47.4 Å². The molecule has 254 valence electrons. The number of rotatable bonds is 9. The number of halogens is 3. The van der Waals surface area contributed by atoms with Gasteiger partial charge >= 0.3 is 12.1 Å². The zero-order valence-corrected chi connectivity index (χ0v) is 26.7. The molecule has 3 aliphatic carbocycles. The Hall–Kier alpha value is -3.20. The minimum absolute atomic E-state index is 0.00899. The number of alkyl halides is 3. The van der Waals surface area contributed by atoms with Gasteiger partial charge in [-0.1, -0.05) is 39.0 Å². The second kappa shape index (κ2) is 13.1. The molecule has 3 saturated carbocycles. The molecule has 2 aromatic heterocycles. The van der Waals surface area contributed by atoms with E-state index in [0.717, 1.165) is 32.2 Å². The highest BCUT2D eigenvalue weighted by Crippen LogP contribution is 2.43. The average Bonchev–Trinajstić information content (AvgIpc) is 3.84. The van der Waals surface area contributed by atoms with Crippen LogP contribution in [0.25, 0.3) is 11.2 Å². The molecule has 1 amide bonds. The molecule has 4 fully saturated rings. The van der Waals surface area contributed by atoms with Gasteiger partial charge in [-0.3, -0.25) is 4.79 Å². The standard InChI is InChI=1S/C31H45F3N8O4/c1-4-23(43)36-21-14-22(26(25(21)44)46-29(45)31(32,33)34)42-16-35-24-27(37-20-11-7-10-19(20)17-8-5-6-9-17)38-30(39-28(24)42)41-13-12-18(15-41)40(2)3/h16-22,25-26,44H,4-15H2,1-3H3,(H,36,43)(H,37,38,39)/t18-,19+,20+,21+,22-,25-,26+/m1/s1. The summed E-state index contributed by atoms with van der Waals surface area (Å²) in [6, 6.07) is -1.39. The fourth-order valence-electron chi connectivity index (χ4n) is 8.08. The molecule has 15 heteroatoms. The molecule has 0 spiro atoms. The van der Waals surface area contributed by atoms with Crippen LogP contribution in [0.5, 0.6) is 0 Å². The zero-order valence-electron chi connectivity index (χ0n) is 26.7. The first-order chi connectivity index (χ1) is 21.9. The molecule has 1 saturated heterocycles. The molecule has 46 heavy (non-hydrogen) atoms. The van der Waals surface area contributed by atoms with Crippen molar-refractivity contribution in [2.45, 2.75) is 114 Å². The fraction of sp³-hybridized carbons (Fsp3) is 0.774. The normalized spacial score (nSPS) is 30.5. The largest absolute Gasteiger partial charge is 0.490 e. The Morgan fingerprint density at radius 3 is 2.52 bits per heavy atom. The second-order valence-electron chi connectivity index (χ2n) is 13.6. The number of aliphatic hydroxyl groups is 1. The average molecular weight is 651 g/mol. The van der Waals surface area contributed by atoms with Crippen LogP contribution in [0.3, 0.4) is 0 Å². The Balaban J connectivity index is 1.39. The number of aromatic nitrogens is 4. The summed E-state index contributed by atoms with van der Waals surface area (Å²) in [6.45, 7) is 3.07. The number of ether oxygens (including phenoxy) is 1. The van der Waals surface area contributed by atoms with Gasteiger partial charge in [0.2, 0.25) is 11.9 Å². The van der Waals surface area contributed by atoms with Crippen molar-refractivity contribution in [3.63, 3.8) is 0 Å². The lowest BCUT2D eigenvalue weighted by molar-refractivity contribution is -0.209. The van der Waals surface area contributed by atoms with Crippen LogP contribution in [0.15, 0.2) is 6.33 Å². The summed E-state index contributed by atoms with van der Waals surface area (Å²) >= 11 is 0. The Labute approximate surface area is 266 Å². The number of imidazole rings is 1. The predicted octanol–water partition coefficient (Wildman–Crippen LogP) is 3.41. The molecule has 6 rings (SSSR count). The monoisotopic (exact) mass is 650 g/mol. The molecular weight excluding hydrogens is 605 g/mol. The first kappa shape index (κ1) is 32.7. The van der Waals surface area contributed by atoms with Gasteiger partial charge in [-0.05, 0) is 51.6 Å². The number of fused-ring (bicyclic) bond motifs is 1. The maximum Gasteiger partial charge on any atom is 0.490 e. The summed E-state index contributed by atoms with van der Waals surface area (Å²) in [4.78, 5) is 43.1. The number of anilines is 2. The lowest BCUT2D eigenvalue weighted by atomic mass is 9.86. The topological polar surface area (TPSA) is 138 Å². The van der Waals surface area contributed by atoms with Gasteiger partial charge in [0.1, 0.15) is 6.10 Å². The van der Waals surface area contributed by atoms with E-state index in [1.54, 1.807) is 11.5 Å². The summed E-state index contributed by atoms with van der Waals surface area (Å²) in [5.74, 6) is -0.530. The smallest absolute Gasteiger partial charge is 0.451 e. The van der Waals surface area contributed by atoms with Crippen molar-refractivity contribution >= 4 is 34.8 Å². The maximum atomic E-state index is 13.3. The number of nitrogens with one attached hydrogen (secondary N) is 2. The first-order valence-corrected chi connectivity index (χ1v) is 16.6. The summed E-state index contributed by atoms with van der Waals surface area (Å²) in [5.41, 5.74) is 0.824. The van der Waals surface area contributed by atoms with Crippen LogP contribution in [0.1, 0.15) is 77.2 Å². The highest BCUT2D eigenvalue weighted by Gasteiger charge is 2.51. The number of carbonyl (C=O) groups excluding carboxylic acids is 2. The molecule has 0 bridgehead atoms. The second-order valence-corrected chi connectivity index (χ2v) is 13.6. The van der Waals surface area contributed by atoms with E-state index >= 15 is 0 Å². The molecule has 7 atom stereocenters. The number of amides is 1.